The number of nitrogens with zero attached hydrogens (tertiary/aromatic N) is 3. The summed E-state index contributed by atoms with van der Waals surface area (Å²) in [5.74, 6) is 0.772. The zero-order chi connectivity index (χ0) is 14.0. The van der Waals surface area contributed by atoms with Crippen LogP contribution in [-0.2, 0) is 11.8 Å². The van der Waals surface area contributed by atoms with E-state index in [0.717, 1.165) is 22.8 Å². The van der Waals surface area contributed by atoms with Crippen molar-refractivity contribution in [2.45, 2.75) is 39.5 Å². The molecule has 0 bridgehead atoms. The summed E-state index contributed by atoms with van der Waals surface area (Å²) in [7, 11) is 0. The van der Waals surface area contributed by atoms with Crippen LogP contribution in [0.1, 0.15) is 43.5 Å². The van der Waals surface area contributed by atoms with Crippen molar-refractivity contribution in [1.29, 1.82) is 0 Å². The first-order chi connectivity index (χ1) is 8.88. The molecule has 0 aromatic carbocycles. The largest absolute Gasteiger partial charge is 0.261 e. The van der Waals surface area contributed by atoms with Crippen molar-refractivity contribution in [2.24, 2.45) is 0 Å². The van der Waals surface area contributed by atoms with Crippen molar-refractivity contribution in [3.05, 3.63) is 52.3 Å². The third-order valence-corrected chi connectivity index (χ3v) is 3.30. The Labute approximate surface area is 119 Å². The van der Waals surface area contributed by atoms with Gasteiger partial charge in [0.25, 0.3) is 0 Å². The second kappa shape index (κ2) is 5.25. The Morgan fingerprint density at radius 1 is 1.16 bits per heavy atom. The van der Waals surface area contributed by atoms with Gasteiger partial charge in [-0.05, 0) is 19.1 Å². The molecule has 19 heavy (non-hydrogen) atoms. The summed E-state index contributed by atoms with van der Waals surface area (Å²) >= 11 is 6.22. The lowest BCUT2D eigenvalue weighted by Gasteiger charge is -2.19. The average Bonchev–Trinajstić information content (AvgIpc) is 2.34. The molecule has 0 aliphatic heterocycles. The molecule has 0 N–H and O–H groups in total. The summed E-state index contributed by atoms with van der Waals surface area (Å²) in [4.78, 5) is 13.4. The summed E-state index contributed by atoms with van der Waals surface area (Å²) in [6.45, 7) is 8.20. The highest BCUT2D eigenvalue weighted by Crippen LogP contribution is 2.24. The first kappa shape index (κ1) is 13.9. The van der Waals surface area contributed by atoms with Crippen molar-refractivity contribution in [3.63, 3.8) is 0 Å². The van der Waals surface area contributed by atoms with Crippen LogP contribution < -0.4 is 0 Å². The molecule has 0 amide bonds. The second-order valence-electron chi connectivity index (χ2n) is 5.66. The van der Waals surface area contributed by atoms with Crippen LogP contribution in [0.15, 0.2) is 24.4 Å². The molecule has 0 saturated heterocycles. The Bertz CT molecular complexity index is 574. The van der Waals surface area contributed by atoms with Crippen LogP contribution in [0.3, 0.4) is 0 Å². The molecule has 2 aromatic rings. The molecule has 0 fully saturated rings. The van der Waals surface area contributed by atoms with E-state index in [-0.39, 0.29) is 5.41 Å². The number of hydrogen-bond donors (Lipinski definition) is 0. The van der Waals surface area contributed by atoms with Crippen molar-refractivity contribution in [1.82, 2.24) is 15.0 Å². The van der Waals surface area contributed by atoms with Crippen LogP contribution in [-0.4, -0.2) is 15.0 Å². The topological polar surface area (TPSA) is 38.7 Å². The van der Waals surface area contributed by atoms with E-state index in [0.29, 0.717) is 11.6 Å². The van der Waals surface area contributed by atoms with Crippen LogP contribution in [0.5, 0.6) is 0 Å². The molecular formula is C15H18ClN3. The van der Waals surface area contributed by atoms with E-state index >= 15 is 0 Å². The van der Waals surface area contributed by atoms with Crippen molar-refractivity contribution in [3.8, 4) is 0 Å². The maximum atomic E-state index is 6.22. The summed E-state index contributed by atoms with van der Waals surface area (Å²) < 4.78 is 0. The minimum Gasteiger partial charge on any atom is -0.261 e. The van der Waals surface area contributed by atoms with Gasteiger partial charge in [-0.15, -0.1) is 0 Å². The lowest BCUT2D eigenvalue weighted by molar-refractivity contribution is 0.541. The normalized spacial score (nSPS) is 11.6. The molecule has 2 heterocycles. The predicted octanol–water partition coefficient (Wildman–Crippen LogP) is 3.72. The highest BCUT2D eigenvalue weighted by Gasteiger charge is 2.20. The Morgan fingerprint density at radius 2 is 1.89 bits per heavy atom. The van der Waals surface area contributed by atoms with Crippen molar-refractivity contribution < 1.29 is 0 Å². The Kier molecular flexibility index (Phi) is 3.85. The van der Waals surface area contributed by atoms with E-state index in [4.69, 9.17) is 11.6 Å². The van der Waals surface area contributed by atoms with E-state index in [1.807, 2.05) is 25.1 Å². The number of pyridine rings is 1. The molecule has 0 saturated carbocycles. The molecule has 2 aromatic heterocycles. The molecule has 3 nitrogen and oxygen atoms in total. The van der Waals surface area contributed by atoms with Gasteiger partial charge in [0.05, 0.1) is 5.69 Å². The minimum absolute atomic E-state index is 0.115. The summed E-state index contributed by atoms with van der Waals surface area (Å²) in [5.41, 5.74) is 2.75. The van der Waals surface area contributed by atoms with Gasteiger partial charge < -0.3 is 0 Å². The number of rotatable bonds is 2. The highest BCUT2D eigenvalue weighted by atomic mass is 35.5. The standard InChI is InChI=1S/C15H18ClN3/c1-10-12(9-11-7-5-6-8-17-11)18-14(15(2,3)4)19-13(10)16/h5-8H,9H2,1-4H3. The summed E-state index contributed by atoms with van der Waals surface area (Å²) in [5, 5.41) is 0.533. The molecule has 0 spiro atoms. The molecular weight excluding hydrogens is 258 g/mol. The van der Waals surface area contributed by atoms with Gasteiger partial charge in [-0.2, -0.15) is 0 Å². The van der Waals surface area contributed by atoms with Gasteiger partial charge in [0.1, 0.15) is 11.0 Å². The van der Waals surface area contributed by atoms with Gasteiger partial charge in [-0.1, -0.05) is 38.4 Å². The fourth-order valence-electron chi connectivity index (χ4n) is 1.71. The van der Waals surface area contributed by atoms with Gasteiger partial charge in [0.2, 0.25) is 0 Å². The first-order valence-corrected chi connectivity index (χ1v) is 6.69. The fraction of sp³-hybridized carbons (Fsp3) is 0.400. The van der Waals surface area contributed by atoms with E-state index in [9.17, 15) is 0 Å². The molecule has 0 unspecified atom stereocenters. The predicted molar refractivity (Wildman–Crippen MR) is 77.5 cm³/mol. The maximum absolute atomic E-state index is 6.22. The molecule has 0 aliphatic rings. The van der Waals surface area contributed by atoms with Crippen LogP contribution in [0, 0.1) is 6.92 Å². The lowest BCUT2D eigenvalue weighted by Crippen LogP contribution is -2.18. The quantitative estimate of drug-likeness (QED) is 0.784. The monoisotopic (exact) mass is 275 g/mol. The average molecular weight is 276 g/mol. The zero-order valence-corrected chi connectivity index (χ0v) is 12.5. The molecule has 100 valence electrons. The van der Waals surface area contributed by atoms with Crippen LogP contribution in [0.4, 0.5) is 0 Å². The fourth-order valence-corrected chi connectivity index (χ4v) is 1.90. The summed E-state index contributed by atoms with van der Waals surface area (Å²) in [6.07, 6.45) is 2.47. The second-order valence-corrected chi connectivity index (χ2v) is 6.02. The van der Waals surface area contributed by atoms with Crippen LogP contribution in [0.2, 0.25) is 5.15 Å². The molecule has 0 atom stereocenters. The maximum Gasteiger partial charge on any atom is 0.135 e. The van der Waals surface area contributed by atoms with E-state index < -0.39 is 0 Å². The number of aromatic nitrogens is 3. The van der Waals surface area contributed by atoms with Gasteiger partial charge in [-0.25, -0.2) is 9.97 Å². The zero-order valence-electron chi connectivity index (χ0n) is 11.7. The summed E-state index contributed by atoms with van der Waals surface area (Å²) in [6, 6.07) is 5.88. The van der Waals surface area contributed by atoms with Crippen LogP contribution in [0.25, 0.3) is 0 Å². The number of hydrogen-bond acceptors (Lipinski definition) is 3. The SMILES string of the molecule is Cc1c(Cl)nc(C(C)(C)C)nc1Cc1ccccn1. The Balaban J connectivity index is 2.42. The minimum atomic E-state index is -0.115. The van der Waals surface area contributed by atoms with E-state index in [2.05, 4.69) is 35.7 Å². The Morgan fingerprint density at radius 3 is 2.47 bits per heavy atom. The third-order valence-electron chi connectivity index (χ3n) is 2.93. The first-order valence-electron chi connectivity index (χ1n) is 6.31. The highest BCUT2D eigenvalue weighted by molar-refractivity contribution is 6.30. The van der Waals surface area contributed by atoms with E-state index in [1.165, 1.54) is 0 Å². The molecule has 0 aliphatic carbocycles. The van der Waals surface area contributed by atoms with Gasteiger partial charge in [-0.3, -0.25) is 4.98 Å². The smallest absolute Gasteiger partial charge is 0.135 e. The van der Waals surface area contributed by atoms with Crippen molar-refractivity contribution >= 4 is 11.6 Å². The number of halogens is 1. The van der Waals surface area contributed by atoms with E-state index in [1.54, 1.807) is 6.20 Å². The third kappa shape index (κ3) is 3.29. The lowest BCUT2D eigenvalue weighted by atomic mass is 9.95. The molecule has 2 rings (SSSR count). The Hall–Kier alpha value is -1.48. The van der Waals surface area contributed by atoms with Crippen molar-refractivity contribution in [2.75, 3.05) is 0 Å². The van der Waals surface area contributed by atoms with Gasteiger partial charge in [0, 0.05) is 29.3 Å². The van der Waals surface area contributed by atoms with Crippen LogP contribution >= 0.6 is 11.6 Å². The van der Waals surface area contributed by atoms with Gasteiger partial charge >= 0.3 is 0 Å². The molecule has 0 radical (unpaired) electrons. The molecule has 4 heteroatoms. The van der Waals surface area contributed by atoms with Gasteiger partial charge in [0.15, 0.2) is 0 Å².